The van der Waals surface area contributed by atoms with E-state index in [9.17, 15) is 4.79 Å². The average Bonchev–Trinajstić information content (AvgIpc) is 2.55. The van der Waals surface area contributed by atoms with Crippen molar-refractivity contribution < 1.29 is 9.53 Å². The highest BCUT2D eigenvalue weighted by molar-refractivity contribution is 6.01. The second kappa shape index (κ2) is 9.67. The number of nitrogens with zero attached hydrogens (tertiary/aromatic N) is 1. The predicted octanol–water partition coefficient (Wildman–Crippen LogP) is 4.16. The van der Waals surface area contributed by atoms with E-state index in [1.807, 2.05) is 58.2 Å². The van der Waals surface area contributed by atoms with Crippen LogP contribution in [0.1, 0.15) is 45.2 Å². The summed E-state index contributed by atoms with van der Waals surface area (Å²) in [5.74, 6) is 0. The minimum atomic E-state index is -0.495. The molecule has 0 fully saturated rings. The highest BCUT2D eigenvalue weighted by Gasteiger charge is 2.15. The van der Waals surface area contributed by atoms with Gasteiger partial charge in [-0.3, -0.25) is 4.99 Å². The highest BCUT2D eigenvalue weighted by atomic mass is 16.6. The van der Waals surface area contributed by atoms with Crippen LogP contribution in [-0.4, -0.2) is 24.5 Å². The molecule has 0 spiro atoms. The predicted molar refractivity (Wildman–Crippen MR) is 104 cm³/mol. The van der Waals surface area contributed by atoms with Gasteiger partial charge in [0.15, 0.2) is 0 Å². The molecule has 0 radical (unpaired) electrons. The van der Waals surface area contributed by atoms with Crippen LogP contribution < -0.4 is 10.6 Å². The first-order chi connectivity index (χ1) is 11.7. The maximum atomic E-state index is 11.7. The molecule has 1 aromatic carbocycles. The van der Waals surface area contributed by atoms with Gasteiger partial charge in [-0.2, -0.15) is 0 Å². The van der Waals surface area contributed by atoms with Crippen LogP contribution in [0.25, 0.3) is 0 Å². The van der Waals surface area contributed by atoms with Gasteiger partial charge < -0.3 is 15.4 Å². The molecule has 5 nitrogen and oxygen atoms in total. The van der Waals surface area contributed by atoms with E-state index >= 15 is 0 Å². The molecule has 0 aliphatic carbocycles. The lowest BCUT2D eigenvalue weighted by Crippen LogP contribution is -2.32. The fraction of sp³-hybridized carbons (Fsp3) is 0.400. The Morgan fingerprint density at radius 2 is 1.92 bits per heavy atom. The van der Waals surface area contributed by atoms with Crippen LogP contribution in [0.3, 0.4) is 0 Å². The molecule has 0 saturated heterocycles. The monoisotopic (exact) mass is 343 g/mol. The number of rotatable bonds is 7. The second-order valence-electron chi connectivity index (χ2n) is 6.58. The molecule has 0 aromatic heterocycles. The van der Waals surface area contributed by atoms with E-state index in [2.05, 4.69) is 29.1 Å². The molecule has 0 saturated carbocycles. The van der Waals surface area contributed by atoms with Gasteiger partial charge in [0.2, 0.25) is 0 Å². The zero-order valence-corrected chi connectivity index (χ0v) is 15.8. The van der Waals surface area contributed by atoms with Gasteiger partial charge in [0.05, 0.1) is 5.70 Å². The Balaban J connectivity index is 2.71. The molecule has 1 aromatic rings. The number of alkyl carbamates (subject to hydrolysis) is 1. The Bertz CT molecular complexity index is 638. The van der Waals surface area contributed by atoms with Crippen LogP contribution in [0.4, 0.5) is 4.79 Å². The van der Waals surface area contributed by atoms with Gasteiger partial charge in [0.25, 0.3) is 0 Å². The van der Waals surface area contributed by atoms with E-state index in [1.165, 1.54) is 0 Å². The molecule has 0 aliphatic rings. The maximum absolute atomic E-state index is 11.7. The van der Waals surface area contributed by atoms with Crippen molar-refractivity contribution >= 4 is 11.8 Å². The van der Waals surface area contributed by atoms with Crippen LogP contribution in [-0.2, 0) is 11.3 Å². The van der Waals surface area contributed by atoms with Crippen molar-refractivity contribution in [2.75, 3.05) is 7.05 Å². The van der Waals surface area contributed by atoms with Crippen LogP contribution >= 0.6 is 0 Å². The van der Waals surface area contributed by atoms with Gasteiger partial charge in [0.1, 0.15) is 5.60 Å². The Morgan fingerprint density at radius 3 is 2.44 bits per heavy atom. The van der Waals surface area contributed by atoms with Gasteiger partial charge in [-0.05, 0) is 50.6 Å². The van der Waals surface area contributed by atoms with Gasteiger partial charge >= 0.3 is 6.09 Å². The third-order valence-electron chi connectivity index (χ3n) is 3.18. The normalized spacial score (nSPS) is 12.1. The van der Waals surface area contributed by atoms with Crippen molar-refractivity contribution in [1.29, 1.82) is 0 Å². The third kappa shape index (κ3) is 8.20. The third-order valence-corrected chi connectivity index (χ3v) is 3.18. The SMILES string of the molecule is C=C(/C=C\NC)N=C(CC)c1ccc(CNC(=O)OC(C)(C)C)cc1. The second-order valence-corrected chi connectivity index (χ2v) is 6.58. The Kier molecular flexibility index (Phi) is 7.92. The number of aliphatic imine (C=N–C) groups is 1. The van der Waals surface area contributed by atoms with E-state index in [1.54, 1.807) is 6.20 Å². The lowest BCUT2D eigenvalue weighted by molar-refractivity contribution is 0.0523. The minimum Gasteiger partial charge on any atom is -0.444 e. The molecule has 0 atom stereocenters. The summed E-state index contributed by atoms with van der Waals surface area (Å²) in [6.45, 7) is 11.9. The Morgan fingerprint density at radius 1 is 1.28 bits per heavy atom. The number of carbonyl (C=O) groups excluding carboxylic acids is 1. The number of amides is 1. The summed E-state index contributed by atoms with van der Waals surface area (Å²) < 4.78 is 5.22. The van der Waals surface area contributed by atoms with E-state index in [4.69, 9.17) is 4.74 Å². The number of nitrogens with one attached hydrogen (secondary N) is 2. The summed E-state index contributed by atoms with van der Waals surface area (Å²) in [4.78, 5) is 16.2. The van der Waals surface area contributed by atoms with Crippen LogP contribution in [0, 0.1) is 0 Å². The van der Waals surface area contributed by atoms with Crippen molar-refractivity contribution in [1.82, 2.24) is 10.6 Å². The molecule has 1 rings (SSSR count). The van der Waals surface area contributed by atoms with Crippen LogP contribution in [0.2, 0.25) is 0 Å². The fourth-order valence-electron chi connectivity index (χ4n) is 2.04. The summed E-state index contributed by atoms with van der Waals surface area (Å²) in [5.41, 5.74) is 3.21. The molecule has 0 bridgehead atoms. The van der Waals surface area contributed by atoms with E-state index < -0.39 is 11.7 Å². The number of hydrogen-bond acceptors (Lipinski definition) is 4. The van der Waals surface area contributed by atoms with Crippen molar-refractivity contribution in [3.05, 3.63) is 59.9 Å². The first-order valence-electron chi connectivity index (χ1n) is 8.41. The standard InChI is InChI=1S/C20H29N3O2/c1-7-18(23-15(2)12-13-21-6)17-10-8-16(9-11-17)14-22-19(24)25-20(3,4)5/h8-13,21H,2,7,14H2,1,3-6H3,(H,22,24)/b13-12-,23-18?. The first-order valence-corrected chi connectivity index (χ1v) is 8.41. The lowest BCUT2D eigenvalue weighted by atomic mass is 10.1. The summed E-state index contributed by atoms with van der Waals surface area (Å²) in [5, 5.41) is 5.67. The topological polar surface area (TPSA) is 62.7 Å². The van der Waals surface area contributed by atoms with Crippen molar-refractivity contribution in [2.45, 2.75) is 46.3 Å². The summed E-state index contributed by atoms with van der Waals surface area (Å²) in [6.07, 6.45) is 4.02. The van der Waals surface area contributed by atoms with Crippen LogP contribution in [0.15, 0.2) is 53.8 Å². The minimum absolute atomic E-state index is 0.417. The van der Waals surface area contributed by atoms with E-state index in [0.717, 1.165) is 23.3 Å². The smallest absolute Gasteiger partial charge is 0.407 e. The molecule has 0 aliphatic heterocycles. The summed E-state index contributed by atoms with van der Waals surface area (Å²) in [6, 6.07) is 7.96. The summed E-state index contributed by atoms with van der Waals surface area (Å²) in [7, 11) is 1.83. The molecule has 0 heterocycles. The molecule has 2 N–H and O–H groups in total. The molecular formula is C20H29N3O2. The molecule has 1 amide bonds. The summed E-state index contributed by atoms with van der Waals surface area (Å²) >= 11 is 0. The highest BCUT2D eigenvalue weighted by Crippen LogP contribution is 2.11. The van der Waals surface area contributed by atoms with Crippen molar-refractivity contribution in [3.63, 3.8) is 0 Å². The van der Waals surface area contributed by atoms with Gasteiger partial charge in [-0.15, -0.1) is 0 Å². The molecule has 5 heteroatoms. The van der Waals surface area contributed by atoms with Crippen molar-refractivity contribution in [2.24, 2.45) is 4.99 Å². The quantitative estimate of drug-likeness (QED) is 0.577. The Hall–Kier alpha value is -2.56. The van der Waals surface area contributed by atoms with E-state index in [-0.39, 0.29) is 0 Å². The number of benzene rings is 1. The molecule has 0 unspecified atom stereocenters. The van der Waals surface area contributed by atoms with E-state index in [0.29, 0.717) is 12.2 Å². The van der Waals surface area contributed by atoms with Gasteiger partial charge in [-0.25, -0.2) is 4.79 Å². The lowest BCUT2D eigenvalue weighted by Gasteiger charge is -2.19. The molecule has 25 heavy (non-hydrogen) atoms. The van der Waals surface area contributed by atoms with Gasteiger partial charge in [-0.1, -0.05) is 37.8 Å². The van der Waals surface area contributed by atoms with Gasteiger partial charge in [0, 0.05) is 19.3 Å². The number of hydrogen-bond donors (Lipinski definition) is 2. The van der Waals surface area contributed by atoms with Crippen LogP contribution in [0.5, 0.6) is 0 Å². The first kappa shape index (κ1) is 20.5. The zero-order chi connectivity index (χ0) is 18.9. The number of allylic oxidation sites excluding steroid dienone is 1. The average molecular weight is 343 g/mol. The fourth-order valence-corrected chi connectivity index (χ4v) is 2.04. The largest absolute Gasteiger partial charge is 0.444 e. The number of carbonyl (C=O) groups is 1. The number of ether oxygens (including phenoxy) is 1. The Labute approximate surface area is 150 Å². The molecular weight excluding hydrogens is 314 g/mol. The maximum Gasteiger partial charge on any atom is 0.407 e. The zero-order valence-electron chi connectivity index (χ0n) is 15.8. The molecule has 136 valence electrons. The van der Waals surface area contributed by atoms with Crippen molar-refractivity contribution in [3.8, 4) is 0 Å².